The molecule has 2 N–H and O–H groups in total. The molecule has 0 amide bonds. The molecule has 0 saturated heterocycles. The van der Waals surface area contributed by atoms with Gasteiger partial charge in [0.25, 0.3) is 0 Å². The molecule has 1 aromatic rings. The number of hydrogen-bond donors (Lipinski definition) is 1. The summed E-state index contributed by atoms with van der Waals surface area (Å²) in [7, 11) is 0. The average Bonchev–Trinajstić information content (AvgIpc) is 2.88. The van der Waals surface area contributed by atoms with Gasteiger partial charge in [-0.15, -0.1) is 0 Å². The van der Waals surface area contributed by atoms with E-state index in [4.69, 9.17) is 5.73 Å². The van der Waals surface area contributed by atoms with Crippen molar-refractivity contribution in [1.82, 2.24) is 0 Å². The minimum absolute atomic E-state index is 0.0136. The molecule has 0 heterocycles. The lowest BCUT2D eigenvalue weighted by atomic mass is 9.98. The third kappa shape index (κ3) is 1.95. The Balaban J connectivity index is 2.22. The zero-order valence-electron chi connectivity index (χ0n) is 8.52. The number of alkyl halides is 1. The average molecular weight is 193 g/mol. The van der Waals surface area contributed by atoms with Crippen LogP contribution in [0.25, 0.3) is 0 Å². The molecule has 0 spiro atoms. The van der Waals surface area contributed by atoms with Crippen LogP contribution in [-0.4, -0.2) is 5.54 Å². The minimum atomic E-state index is -0.384. The summed E-state index contributed by atoms with van der Waals surface area (Å²) in [5, 5.41) is 0. The first-order chi connectivity index (χ1) is 6.63. The van der Waals surface area contributed by atoms with Gasteiger partial charge >= 0.3 is 0 Å². The highest BCUT2D eigenvalue weighted by molar-refractivity contribution is 5.33. The van der Waals surface area contributed by atoms with Crippen LogP contribution in [0.5, 0.6) is 0 Å². The highest BCUT2D eigenvalue weighted by Crippen LogP contribution is 2.36. The van der Waals surface area contributed by atoms with Crippen LogP contribution in [-0.2, 0) is 13.1 Å². The number of nitrogens with two attached hydrogens (primary N) is 1. The Morgan fingerprint density at radius 1 is 1.43 bits per heavy atom. The van der Waals surface area contributed by atoms with Gasteiger partial charge in [0.1, 0.15) is 6.67 Å². The van der Waals surface area contributed by atoms with Crippen LogP contribution in [0.4, 0.5) is 4.39 Å². The van der Waals surface area contributed by atoms with Gasteiger partial charge in [0.2, 0.25) is 0 Å². The summed E-state index contributed by atoms with van der Waals surface area (Å²) >= 11 is 0. The van der Waals surface area contributed by atoms with Crippen LogP contribution in [0.2, 0.25) is 0 Å². The summed E-state index contributed by atoms with van der Waals surface area (Å²) in [6.45, 7) is 1.67. The fourth-order valence-corrected chi connectivity index (χ4v) is 1.72. The van der Waals surface area contributed by atoms with E-state index in [1.165, 1.54) is 11.1 Å². The van der Waals surface area contributed by atoms with Crippen molar-refractivity contribution in [2.75, 3.05) is 0 Å². The Hall–Kier alpha value is -0.890. The van der Waals surface area contributed by atoms with Crippen LogP contribution in [0.3, 0.4) is 0 Å². The van der Waals surface area contributed by atoms with Gasteiger partial charge in [0.05, 0.1) is 0 Å². The molecule has 1 aliphatic carbocycles. The molecular weight excluding hydrogens is 177 g/mol. The Kier molecular flexibility index (Phi) is 2.31. The van der Waals surface area contributed by atoms with Crippen molar-refractivity contribution in [1.29, 1.82) is 0 Å². The molecule has 1 saturated carbocycles. The molecule has 0 aromatic heterocycles. The first-order valence-electron chi connectivity index (χ1n) is 5.06. The van der Waals surface area contributed by atoms with Crippen molar-refractivity contribution >= 4 is 0 Å². The molecular formula is C12H16FN. The third-order valence-corrected chi connectivity index (χ3v) is 3.00. The van der Waals surface area contributed by atoms with Crippen LogP contribution in [0.15, 0.2) is 18.2 Å². The lowest BCUT2D eigenvalue weighted by molar-refractivity contribution is 0.484. The molecule has 2 rings (SSSR count). The van der Waals surface area contributed by atoms with Crippen LogP contribution in [0, 0.1) is 6.92 Å². The van der Waals surface area contributed by atoms with Crippen molar-refractivity contribution in [2.45, 2.75) is 38.4 Å². The second kappa shape index (κ2) is 3.35. The molecule has 2 heteroatoms. The normalized spacial score (nSPS) is 18.2. The largest absolute Gasteiger partial charge is 0.325 e. The van der Waals surface area contributed by atoms with Gasteiger partial charge in [-0.05, 0) is 42.9 Å². The molecule has 1 aromatic carbocycles. The molecule has 0 aliphatic heterocycles. The lowest BCUT2D eigenvalue weighted by Gasteiger charge is -2.12. The zero-order chi connectivity index (χ0) is 10.2. The first-order valence-corrected chi connectivity index (χ1v) is 5.06. The lowest BCUT2D eigenvalue weighted by Crippen LogP contribution is -2.24. The fraction of sp³-hybridized carbons (Fsp3) is 0.500. The summed E-state index contributed by atoms with van der Waals surface area (Å²) in [5.74, 6) is 0. The fourth-order valence-electron chi connectivity index (χ4n) is 1.72. The number of halogens is 1. The maximum atomic E-state index is 12.5. The summed E-state index contributed by atoms with van der Waals surface area (Å²) in [4.78, 5) is 0. The molecule has 0 unspecified atom stereocenters. The van der Waals surface area contributed by atoms with Gasteiger partial charge < -0.3 is 5.73 Å². The Morgan fingerprint density at radius 3 is 2.71 bits per heavy atom. The van der Waals surface area contributed by atoms with Crippen LogP contribution in [0.1, 0.15) is 29.5 Å². The third-order valence-electron chi connectivity index (χ3n) is 3.00. The summed E-state index contributed by atoms with van der Waals surface area (Å²) in [6.07, 6.45) is 3.10. The minimum Gasteiger partial charge on any atom is -0.325 e. The van der Waals surface area contributed by atoms with E-state index in [1.807, 2.05) is 18.2 Å². The summed E-state index contributed by atoms with van der Waals surface area (Å²) in [6, 6.07) is 5.77. The van der Waals surface area contributed by atoms with E-state index in [0.29, 0.717) is 0 Å². The van der Waals surface area contributed by atoms with Gasteiger partial charge in [-0.2, -0.15) is 0 Å². The SMILES string of the molecule is Cc1ccc(CF)cc1CC1(N)CC1. The number of rotatable bonds is 3. The molecule has 76 valence electrons. The Morgan fingerprint density at radius 2 is 2.14 bits per heavy atom. The van der Waals surface area contributed by atoms with Crippen molar-refractivity contribution in [3.05, 3.63) is 34.9 Å². The summed E-state index contributed by atoms with van der Waals surface area (Å²) < 4.78 is 12.5. The highest BCUT2D eigenvalue weighted by atomic mass is 19.1. The molecule has 14 heavy (non-hydrogen) atoms. The molecule has 1 aliphatic rings. The van der Waals surface area contributed by atoms with Gasteiger partial charge in [-0.3, -0.25) is 0 Å². The highest BCUT2D eigenvalue weighted by Gasteiger charge is 2.38. The predicted octanol–water partition coefficient (Wildman–Crippen LogP) is 2.50. The quantitative estimate of drug-likeness (QED) is 0.784. The number of aryl methyl sites for hydroxylation is 1. The van der Waals surface area contributed by atoms with Gasteiger partial charge in [-0.25, -0.2) is 4.39 Å². The van der Waals surface area contributed by atoms with Gasteiger partial charge in [0.15, 0.2) is 0 Å². The monoisotopic (exact) mass is 193 g/mol. The van der Waals surface area contributed by atoms with E-state index in [1.54, 1.807) is 0 Å². The van der Waals surface area contributed by atoms with Crippen LogP contribution >= 0.6 is 0 Å². The van der Waals surface area contributed by atoms with E-state index in [2.05, 4.69) is 6.92 Å². The van der Waals surface area contributed by atoms with Gasteiger partial charge in [-0.1, -0.05) is 18.2 Å². The maximum Gasteiger partial charge on any atom is 0.115 e. The van der Waals surface area contributed by atoms with E-state index < -0.39 is 0 Å². The van der Waals surface area contributed by atoms with E-state index in [0.717, 1.165) is 24.8 Å². The van der Waals surface area contributed by atoms with E-state index in [-0.39, 0.29) is 12.2 Å². The number of hydrogen-bond acceptors (Lipinski definition) is 1. The summed E-state index contributed by atoms with van der Waals surface area (Å²) in [5.41, 5.74) is 9.25. The zero-order valence-corrected chi connectivity index (χ0v) is 8.52. The van der Waals surface area contributed by atoms with Gasteiger partial charge in [0, 0.05) is 5.54 Å². The topological polar surface area (TPSA) is 26.0 Å². The van der Waals surface area contributed by atoms with Crippen molar-refractivity contribution in [3.63, 3.8) is 0 Å². The van der Waals surface area contributed by atoms with Crippen molar-refractivity contribution in [2.24, 2.45) is 5.73 Å². The van der Waals surface area contributed by atoms with E-state index in [9.17, 15) is 4.39 Å². The molecule has 1 fully saturated rings. The van der Waals surface area contributed by atoms with Crippen molar-refractivity contribution in [3.8, 4) is 0 Å². The molecule has 1 nitrogen and oxygen atoms in total. The molecule has 0 atom stereocenters. The standard InChI is InChI=1S/C12H16FN/c1-9-2-3-10(8-13)6-11(9)7-12(14)4-5-12/h2-3,6H,4-5,7-8,14H2,1H3. The van der Waals surface area contributed by atoms with E-state index >= 15 is 0 Å². The van der Waals surface area contributed by atoms with Crippen LogP contribution < -0.4 is 5.73 Å². The molecule has 0 radical (unpaired) electrons. The Bertz CT molecular complexity index is 342. The second-order valence-electron chi connectivity index (χ2n) is 4.43. The molecule has 0 bridgehead atoms. The first kappa shape index (κ1) is 9.66. The predicted molar refractivity (Wildman–Crippen MR) is 55.8 cm³/mol. The second-order valence-corrected chi connectivity index (χ2v) is 4.43. The Labute approximate surface area is 84.1 Å². The number of benzene rings is 1. The van der Waals surface area contributed by atoms with Crippen molar-refractivity contribution < 1.29 is 4.39 Å². The maximum absolute atomic E-state index is 12.5. The smallest absolute Gasteiger partial charge is 0.115 e.